The second kappa shape index (κ2) is 7.81. The smallest absolute Gasteiger partial charge is 0.358 e. The van der Waals surface area contributed by atoms with Gasteiger partial charge in [0.25, 0.3) is 5.91 Å². The minimum absolute atomic E-state index is 0.148. The summed E-state index contributed by atoms with van der Waals surface area (Å²) in [5, 5.41) is 7.78. The molecule has 8 nitrogen and oxygen atoms in total. The van der Waals surface area contributed by atoms with E-state index < -0.39 is 18.5 Å². The molecule has 0 fully saturated rings. The third-order valence-electron chi connectivity index (χ3n) is 3.01. The molecule has 128 valence electrons. The molecular formula is C15H13N5O3S2. The summed E-state index contributed by atoms with van der Waals surface area (Å²) >= 11 is 2.33. The van der Waals surface area contributed by atoms with E-state index in [1.165, 1.54) is 11.3 Å². The number of aromatic nitrogens is 3. The molecule has 0 saturated carbocycles. The molecule has 2 aromatic heterocycles. The second-order valence-electron chi connectivity index (χ2n) is 4.77. The highest BCUT2D eigenvalue weighted by molar-refractivity contribution is 7.13. The first-order valence-corrected chi connectivity index (χ1v) is 8.77. The number of hydrogen-bond donors (Lipinski definition) is 2. The Morgan fingerprint density at radius 3 is 3.04 bits per heavy atom. The Kier molecular flexibility index (Phi) is 5.31. The molecule has 1 aromatic carbocycles. The normalized spacial score (nSPS) is 10.4. The van der Waals surface area contributed by atoms with Crippen molar-refractivity contribution in [3.05, 3.63) is 41.9 Å². The third kappa shape index (κ3) is 4.17. The summed E-state index contributed by atoms with van der Waals surface area (Å²) in [7, 11) is 0. The van der Waals surface area contributed by atoms with E-state index in [0.29, 0.717) is 28.4 Å². The monoisotopic (exact) mass is 375 g/mol. The highest BCUT2D eigenvalue weighted by atomic mass is 32.1. The average molecular weight is 375 g/mol. The fourth-order valence-corrected chi connectivity index (χ4v) is 3.15. The molecule has 0 unspecified atom stereocenters. The van der Waals surface area contributed by atoms with Crippen molar-refractivity contribution in [2.24, 2.45) is 0 Å². The van der Waals surface area contributed by atoms with Gasteiger partial charge in [0.15, 0.2) is 17.4 Å². The minimum Gasteiger partial charge on any atom is -0.451 e. The van der Waals surface area contributed by atoms with Crippen LogP contribution in [0.3, 0.4) is 0 Å². The van der Waals surface area contributed by atoms with Gasteiger partial charge in [-0.2, -0.15) is 8.75 Å². The second-order valence-corrected chi connectivity index (χ2v) is 6.16. The number of carbonyl (C=O) groups excluding carboxylic acids is 2. The molecule has 0 atom stereocenters. The molecule has 0 aliphatic heterocycles. The maximum atomic E-state index is 12.0. The van der Waals surface area contributed by atoms with E-state index in [0.717, 1.165) is 11.7 Å². The van der Waals surface area contributed by atoms with Crippen molar-refractivity contribution < 1.29 is 14.3 Å². The lowest BCUT2D eigenvalue weighted by Gasteiger charge is -2.06. The molecule has 3 aromatic rings. The van der Waals surface area contributed by atoms with Crippen molar-refractivity contribution in [2.45, 2.75) is 0 Å². The first kappa shape index (κ1) is 17.0. The van der Waals surface area contributed by atoms with E-state index in [2.05, 4.69) is 30.9 Å². The number of carbonyl (C=O) groups is 2. The number of esters is 1. The van der Waals surface area contributed by atoms with Gasteiger partial charge in [0.2, 0.25) is 0 Å². The van der Waals surface area contributed by atoms with Crippen molar-refractivity contribution in [1.82, 2.24) is 13.7 Å². The van der Waals surface area contributed by atoms with Crippen LogP contribution in [0.5, 0.6) is 0 Å². The van der Waals surface area contributed by atoms with E-state index >= 15 is 0 Å². The van der Waals surface area contributed by atoms with Crippen LogP contribution < -0.4 is 10.6 Å². The van der Waals surface area contributed by atoms with Gasteiger partial charge in [-0.3, -0.25) is 4.79 Å². The predicted molar refractivity (Wildman–Crippen MR) is 97.1 cm³/mol. The zero-order valence-corrected chi connectivity index (χ0v) is 14.5. The number of amides is 1. The zero-order chi connectivity index (χ0) is 17.6. The summed E-state index contributed by atoms with van der Waals surface area (Å²) in [5.41, 5.74) is 1.97. The molecule has 25 heavy (non-hydrogen) atoms. The lowest BCUT2D eigenvalue weighted by Crippen LogP contribution is -2.21. The molecule has 0 spiro atoms. The maximum absolute atomic E-state index is 12.0. The number of anilines is 2. The molecule has 0 aliphatic carbocycles. The fraction of sp³-hybridized carbons (Fsp3) is 0.133. The molecule has 2 N–H and O–H groups in total. The third-order valence-corrected chi connectivity index (χ3v) is 4.35. The molecular weight excluding hydrogens is 362 g/mol. The molecule has 3 rings (SSSR count). The summed E-state index contributed by atoms with van der Waals surface area (Å²) in [4.78, 5) is 28.0. The Morgan fingerprint density at radius 1 is 1.32 bits per heavy atom. The Balaban J connectivity index is 1.55. The number of benzene rings is 1. The standard InChI is InChI=1S/C15H13N5O3S2/c1-2-6-16-15-18-11(8-24-15)14(22)23-7-12(21)17-9-4-3-5-10-13(9)20-25-19-10/h2-5,8H,1,6-7H2,(H,16,18)(H,17,21). The molecule has 2 heterocycles. The number of rotatable bonds is 7. The Morgan fingerprint density at radius 2 is 2.20 bits per heavy atom. The fourth-order valence-electron chi connectivity index (χ4n) is 1.91. The van der Waals surface area contributed by atoms with E-state index in [1.807, 2.05) is 0 Å². The Hall–Kier alpha value is -2.85. The number of fused-ring (bicyclic) bond motifs is 1. The summed E-state index contributed by atoms with van der Waals surface area (Å²) in [6, 6.07) is 5.27. The lowest BCUT2D eigenvalue weighted by atomic mass is 10.2. The average Bonchev–Trinajstić information content (AvgIpc) is 3.27. The largest absolute Gasteiger partial charge is 0.451 e. The topological polar surface area (TPSA) is 106 Å². The number of nitrogens with one attached hydrogen (secondary N) is 2. The van der Waals surface area contributed by atoms with Gasteiger partial charge in [-0.05, 0) is 12.1 Å². The van der Waals surface area contributed by atoms with E-state index in [1.54, 1.807) is 29.7 Å². The number of hydrogen-bond acceptors (Lipinski definition) is 9. The SMILES string of the molecule is C=CCNc1nc(C(=O)OCC(=O)Nc2cccc3nsnc23)cs1. The van der Waals surface area contributed by atoms with Gasteiger partial charge >= 0.3 is 5.97 Å². The predicted octanol–water partition coefficient (Wildman–Crippen LogP) is 2.54. The minimum atomic E-state index is -0.661. The van der Waals surface area contributed by atoms with E-state index in [-0.39, 0.29) is 5.69 Å². The van der Waals surface area contributed by atoms with Gasteiger partial charge in [-0.1, -0.05) is 12.1 Å². The van der Waals surface area contributed by atoms with Gasteiger partial charge in [-0.15, -0.1) is 17.9 Å². The van der Waals surface area contributed by atoms with Crippen LogP contribution >= 0.6 is 23.1 Å². The summed E-state index contributed by atoms with van der Waals surface area (Å²) in [5.74, 6) is -1.12. The van der Waals surface area contributed by atoms with Gasteiger partial charge in [-0.25, -0.2) is 9.78 Å². The van der Waals surface area contributed by atoms with Gasteiger partial charge in [0.1, 0.15) is 11.0 Å². The molecule has 0 saturated heterocycles. The zero-order valence-electron chi connectivity index (χ0n) is 12.9. The van der Waals surface area contributed by atoms with Crippen LogP contribution in [0.2, 0.25) is 0 Å². The van der Waals surface area contributed by atoms with Crippen molar-refractivity contribution in [2.75, 3.05) is 23.8 Å². The Bertz CT molecular complexity index is 921. The Labute approximate surface area is 150 Å². The number of ether oxygens (including phenoxy) is 1. The molecule has 0 bridgehead atoms. The first-order chi connectivity index (χ1) is 12.2. The summed E-state index contributed by atoms with van der Waals surface area (Å²) < 4.78 is 13.2. The number of thiazole rings is 1. The van der Waals surface area contributed by atoms with Crippen LogP contribution in [-0.4, -0.2) is 38.8 Å². The molecule has 0 aliphatic rings. The highest BCUT2D eigenvalue weighted by Gasteiger charge is 2.15. The van der Waals surface area contributed by atoms with Gasteiger partial charge in [0.05, 0.1) is 17.4 Å². The van der Waals surface area contributed by atoms with E-state index in [9.17, 15) is 9.59 Å². The van der Waals surface area contributed by atoms with Crippen molar-refractivity contribution >= 4 is 56.8 Å². The van der Waals surface area contributed by atoms with Gasteiger partial charge in [0, 0.05) is 11.9 Å². The maximum Gasteiger partial charge on any atom is 0.358 e. The summed E-state index contributed by atoms with van der Waals surface area (Å²) in [6.07, 6.45) is 1.68. The number of nitrogens with zero attached hydrogens (tertiary/aromatic N) is 3. The van der Waals surface area contributed by atoms with Crippen LogP contribution in [0, 0.1) is 0 Å². The van der Waals surface area contributed by atoms with Crippen molar-refractivity contribution in [3.8, 4) is 0 Å². The van der Waals surface area contributed by atoms with Crippen LogP contribution in [-0.2, 0) is 9.53 Å². The van der Waals surface area contributed by atoms with Crippen molar-refractivity contribution in [3.63, 3.8) is 0 Å². The van der Waals surface area contributed by atoms with Crippen LogP contribution in [0.4, 0.5) is 10.8 Å². The summed E-state index contributed by atoms with van der Waals surface area (Å²) in [6.45, 7) is 3.71. The van der Waals surface area contributed by atoms with Crippen LogP contribution in [0.1, 0.15) is 10.5 Å². The van der Waals surface area contributed by atoms with E-state index in [4.69, 9.17) is 4.74 Å². The lowest BCUT2D eigenvalue weighted by molar-refractivity contribution is -0.119. The quantitative estimate of drug-likeness (QED) is 0.483. The van der Waals surface area contributed by atoms with Crippen molar-refractivity contribution in [1.29, 1.82) is 0 Å². The van der Waals surface area contributed by atoms with Crippen LogP contribution in [0.25, 0.3) is 11.0 Å². The molecule has 1 amide bonds. The highest BCUT2D eigenvalue weighted by Crippen LogP contribution is 2.21. The van der Waals surface area contributed by atoms with Gasteiger partial charge < -0.3 is 15.4 Å². The molecule has 0 radical (unpaired) electrons. The van der Waals surface area contributed by atoms with Crippen LogP contribution in [0.15, 0.2) is 36.2 Å². The first-order valence-electron chi connectivity index (χ1n) is 7.16. The molecule has 10 heteroatoms.